The fraction of sp³-hybridized carbons (Fsp3) is 0.321. The van der Waals surface area contributed by atoms with E-state index in [9.17, 15) is 18.0 Å². The number of carbonyl (C=O) groups excluding carboxylic acids is 2. The third kappa shape index (κ3) is 5.86. The third-order valence-corrected chi connectivity index (χ3v) is 8.97. The van der Waals surface area contributed by atoms with E-state index in [2.05, 4.69) is 15.2 Å². The van der Waals surface area contributed by atoms with E-state index in [1.807, 2.05) is 35.7 Å². The third-order valence-electron chi connectivity index (χ3n) is 7.02. The maximum Gasteiger partial charge on any atom is 0.224 e. The normalized spacial score (nSPS) is 16.1. The Labute approximate surface area is 232 Å². The molecule has 39 heavy (non-hydrogen) atoms. The summed E-state index contributed by atoms with van der Waals surface area (Å²) in [6.45, 7) is 5.11. The van der Waals surface area contributed by atoms with Crippen molar-refractivity contribution in [2.45, 2.75) is 31.2 Å². The number of piperazine rings is 1. The van der Waals surface area contributed by atoms with Gasteiger partial charge in [-0.1, -0.05) is 29.8 Å². The Balaban J connectivity index is 1.31. The molecule has 3 heterocycles. The minimum atomic E-state index is -3.69. The summed E-state index contributed by atoms with van der Waals surface area (Å²) in [6.07, 6.45) is 1.82. The quantitative estimate of drug-likeness (QED) is 0.367. The van der Waals surface area contributed by atoms with Crippen LogP contribution in [0.4, 0.5) is 5.82 Å². The van der Waals surface area contributed by atoms with E-state index >= 15 is 0 Å². The Morgan fingerprint density at radius 3 is 2.64 bits per heavy atom. The molecule has 11 heteroatoms. The van der Waals surface area contributed by atoms with Gasteiger partial charge in [-0.3, -0.25) is 14.0 Å². The van der Waals surface area contributed by atoms with Crippen LogP contribution in [0, 0.1) is 6.92 Å². The second kappa shape index (κ2) is 10.9. The monoisotopic (exact) mass is 567 g/mol. The summed E-state index contributed by atoms with van der Waals surface area (Å²) in [7, 11) is -3.69. The topological polar surface area (TPSA) is 104 Å². The number of rotatable bonds is 7. The highest BCUT2D eigenvalue weighted by Crippen LogP contribution is 2.25. The molecule has 0 saturated carbocycles. The van der Waals surface area contributed by atoms with Crippen molar-refractivity contribution in [3.8, 4) is 0 Å². The molecule has 2 aromatic carbocycles. The summed E-state index contributed by atoms with van der Waals surface area (Å²) >= 11 is 6.04. The van der Waals surface area contributed by atoms with E-state index < -0.39 is 9.84 Å². The molecule has 1 unspecified atom stereocenters. The molecule has 2 amide bonds. The predicted octanol–water partition coefficient (Wildman–Crippen LogP) is 3.47. The van der Waals surface area contributed by atoms with Gasteiger partial charge in [-0.25, -0.2) is 13.4 Å². The lowest BCUT2D eigenvalue weighted by atomic mass is 10.1. The Hall–Kier alpha value is -3.63. The number of carbonyl (C=O) groups is 2. The van der Waals surface area contributed by atoms with E-state index in [-0.39, 0.29) is 41.5 Å². The minimum Gasteiger partial charge on any atom is -0.354 e. The van der Waals surface area contributed by atoms with Gasteiger partial charge < -0.3 is 15.1 Å². The number of imidazole rings is 1. The lowest BCUT2D eigenvalue weighted by molar-refractivity contribution is -0.134. The molecule has 1 atom stereocenters. The summed E-state index contributed by atoms with van der Waals surface area (Å²) in [5, 5.41) is 5.01. The first-order chi connectivity index (χ1) is 18.6. The van der Waals surface area contributed by atoms with Crippen molar-refractivity contribution in [1.82, 2.24) is 19.6 Å². The number of aryl methyl sites for hydroxylation is 1. The zero-order valence-corrected chi connectivity index (χ0v) is 23.4. The minimum absolute atomic E-state index is 0.145. The largest absolute Gasteiger partial charge is 0.354 e. The maximum absolute atomic E-state index is 13.3. The number of benzene rings is 2. The number of fused-ring (bicyclic) bond motifs is 2. The van der Waals surface area contributed by atoms with Crippen LogP contribution in [0.25, 0.3) is 16.4 Å². The summed E-state index contributed by atoms with van der Waals surface area (Å²) in [4.78, 5) is 33.6. The van der Waals surface area contributed by atoms with Gasteiger partial charge in [-0.15, -0.1) is 0 Å². The summed E-state index contributed by atoms with van der Waals surface area (Å²) in [5.41, 5.74) is 1.74. The lowest BCUT2D eigenvalue weighted by Gasteiger charge is -2.42. The van der Waals surface area contributed by atoms with Crippen molar-refractivity contribution in [1.29, 1.82) is 0 Å². The standard InChI is InChI=1S/C28H30ClN5O4S/c1-19-17-34-26(31-19)4-3-5-27(34)32-11-12-33(24(18-32)16-30-20(2)35)28(36)10-13-39(37,38)25-9-7-21-14-23(29)8-6-22(21)15-25/h3-9,14-15,17,24H,10-13,16,18H2,1-2H3,(H,30,35). The number of amides is 2. The Morgan fingerprint density at radius 1 is 1.08 bits per heavy atom. The van der Waals surface area contributed by atoms with Crippen molar-refractivity contribution < 1.29 is 18.0 Å². The highest BCUT2D eigenvalue weighted by atomic mass is 35.5. The molecule has 5 rings (SSSR count). The average molecular weight is 568 g/mol. The van der Waals surface area contributed by atoms with E-state index in [1.165, 1.54) is 6.92 Å². The second-order valence-corrected chi connectivity index (χ2v) is 12.4. The fourth-order valence-corrected chi connectivity index (χ4v) is 6.52. The van der Waals surface area contributed by atoms with E-state index in [1.54, 1.807) is 41.3 Å². The van der Waals surface area contributed by atoms with Crippen LogP contribution < -0.4 is 10.2 Å². The molecule has 0 aliphatic carbocycles. The van der Waals surface area contributed by atoms with Crippen LogP contribution in [-0.2, 0) is 19.4 Å². The van der Waals surface area contributed by atoms with Crippen LogP contribution in [0.3, 0.4) is 0 Å². The van der Waals surface area contributed by atoms with Crippen LogP contribution in [0.15, 0.2) is 65.7 Å². The van der Waals surface area contributed by atoms with Gasteiger partial charge in [-0.05, 0) is 54.1 Å². The number of nitrogens with one attached hydrogen (secondary N) is 1. The van der Waals surface area contributed by atoms with Crippen LogP contribution >= 0.6 is 11.6 Å². The number of anilines is 1. The first-order valence-electron chi connectivity index (χ1n) is 12.8. The number of hydrogen-bond acceptors (Lipinski definition) is 6. The average Bonchev–Trinajstić information content (AvgIpc) is 3.30. The Bertz CT molecular complexity index is 1670. The molecule has 1 fully saturated rings. The molecular formula is C28H30ClN5O4S. The fourth-order valence-electron chi connectivity index (χ4n) is 5.07. The van der Waals surface area contributed by atoms with Gasteiger partial charge in [0.2, 0.25) is 11.8 Å². The van der Waals surface area contributed by atoms with Gasteiger partial charge in [0.05, 0.1) is 22.4 Å². The molecule has 0 radical (unpaired) electrons. The molecule has 9 nitrogen and oxygen atoms in total. The van der Waals surface area contributed by atoms with Crippen LogP contribution in [0.1, 0.15) is 19.0 Å². The molecule has 0 bridgehead atoms. The number of aromatic nitrogens is 2. The van der Waals surface area contributed by atoms with E-state index in [0.29, 0.717) is 24.7 Å². The smallest absolute Gasteiger partial charge is 0.224 e. The molecule has 1 aliphatic rings. The SMILES string of the molecule is CC(=O)NCC1CN(c2cccc3nc(C)cn23)CCN1C(=O)CCS(=O)(=O)c1ccc2cc(Cl)ccc2c1. The summed E-state index contributed by atoms with van der Waals surface area (Å²) in [5.74, 6) is 0.212. The lowest BCUT2D eigenvalue weighted by Crippen LogP contribution is -2.59. The van der Waals surface area contributed by atoms with Gasteiger partial charge >= 0.3 is 0 Å². The predicted molar refractivity (Wildman–Crippen MR) is 152 cm³/mol. The number of hydrogen-bond donors (Lipinski definition) is 1. The van der Waals surface area contributed by atoms with Gasteiger partial charge in [-0.2, -0.15) is 0 Å². The molecule has 1 aliphatic heterocycles. The summed E-state index contributed by atoms with van der Waals surface area (Å²) < 4.78 is 28.3. The molecule has 4 aromatic rings. The van der Waals surface area contributed by atoms with Crippen molar-refractivity contribution in [2.24, 2.45) is 0 Å². The van der Waals surface area contributed by atoms with Gasteiger partial charge in [0, 0.05) is 50.7 Å². The Morgan fingerprint density at radius 2 is 1.85 bits per heavy atom. The molecule has 0 spiro atoms. The first kappa shape index (κ1) is 27.0. The van der Waals surface area contributed by atoms with Crippen molar-refractivity contribution in [3.63, 3.8) is 0 Å². The number of halogens is 1. The molecular weight excluding hydrogens is 538 g/mol. The zero-order valence-electron chi connectivity index (χ0n) is 21.8. The molecule has 1 N–H and O–H groups in total. The zero-order chi connectivity index (χ0) is 27.7. The highest BCUT2D eigenvalue weighted by Gasteiger charge is 2.32. The van der Waals surface area contributed by atoms with Gasteiger partial charge in [0.15, 0.2) is 9.84 Å². The highest BCUT2D eigenvalue weighted by molar-refractivity contribution is 7.91. The van der Waals surface area contributed by atoms with Crippen molar-refractivity contribution in [3.05, 3.63) is 71.5 Å². The Kier molecular flexibility index (Phi) is 7.51. The second-order valence-electron chi connectivity index (χ2n) is 9.84. The van der Waals surface area contributed by atoms with Crippen molar-refractivity contribution in [2.75, 3.05) is 36.8 Å². The molecule has 2 aromatic heterocycles. The number of sulfone groups is 1. The first-order valence-corrected chi connectivity index (χ1v) is 14.8. The molecule has 204 valence electrons. The van der Waals surface area contributed by atoms with Crippen molar-refractivity contribution >= 4 is 55.5 Å². The van der Waals surface area contributed by atoms with Gasteiger partial charge in [0.25, 0.3) is 0 Å². The number of pyridine rings is 1. The van der Waals surface area contributed by atoms with Crippen LogP contribution in [0.5, 0.6) is 0 Å². The van der Waals surface area contributed by atoms with Crippen LogP contribution in [-0.4, -0.2) is 72.5 Å². The summed E-state index contributed by atoms with van der Waals surface area (Å²) in [6, 6.07) is 15.7. The van der Waals surface area contributed by atoms with Gasteiger partial charge in [0.1, 0.15) is 11.5 Å². The van der Waals surface area contributed by atoms with Crippen LogP contribution in [0.2, 0.25) is 5.02 Å². The molecule has 1 saturated heterocycles. The maximum atomic E-state index is 13.3. The number of nitrogens with zero attached hydrogens (tertiary/aromatic N) is 4. The van der Waals surface area contributed by atoms with E-state index in [0.717, 1.165) is 27.9 Å². The van der Waals surface area contributed by atoms with E-state index in [4.69, 9.17) is 11.6 Å².